The summed E-state index contributed by atoms with van der Waals surface area (Å²) in [6, 6.07) is 2.57. The molecule has 0 bridgehead atoms. The van der Waals surface area contributed by atoms with Gasteiger partial charge in [-0.25, -0.2) is 8.42 Å². The van der Waals surface area contributed by atoms with Crippen molar-refractivity contribution in [2.24, 2.45) is 0 Å². The zero-order chi connectivity index (χ0) is 12.6. The largest absolute Gasteiger partial charge is 1.00 e. The summed E-state index contributed by atoms with van der Waals surface area (Å²) in [6.07, 6.45) is -0.681. The Hall–Kier alpha value is -0.519. The Kier molecular flexibility index (Phi) is 6.59. The normalized spacial score (nSPS) is 10.6. The van der Waals surface area contributed by atoms with Crippen LogP contribution in [0.1, 0.15) is 5.56 Å². The van der Waals surface area contributed by atoms with Crippen molar-refractivity contribution >= 4 is 27.1 Å². The molecule has 1 aromatic carbocycles. The Labute approximate surface area is 138 Å². The minimum Gasteiger partial charge on any atom is -0.744 e. The zero-order valence-corrected chi connectivity index (χ0v) is 12.6. The molecular weight excluding hydrogens is 466 g/mol. The van der Waals surface area contributed by atoms with Crippen LogP contribution < -0.4 is 5.11 Å². The molecule has 0 saturated heterocycles. The standard InChI is InChI=1S/C8H7N3O5S.2Ag/c12-6(13)3-4-1-2-5-7(10-11-9-5)8(4)17(14,15)16;;/h1-2H,3H2,(H,12,13)(H,9,10,11)(H,14,15,16);;/q;2*+1/p-2. The van der Waals surface area contributed by atoms with E-state index in [4.69, 9.17) is 0 Å². The Morgan fingerprint density at radius 1 is 1.26 bits per heavy atom. The van der Waals surface area contributed by atoms with Gasteiger partial charge in [-0.3, -0.25) is 0 Å². The molecule has 1 N–H and O–H groups in total. The fourth-order valence-electron chi connectivity index (χ4n) is 1.50. The maximum atomic E-state index is 11.1. The fraction of sp³-hybridized carbons (Fsp3) is 0.125. The first kappa shape index (κ1) is 18.5. The first-order valence-electron chi connectivity index (χ1n) is 4.37. The number of carbonyl (C=O) groups excluding carboxylic acids is 1. The van der Waals surface area contributed by atoms with E-state index in [9.17, 15) is 22.9 Å². The molecule has 0 spiro atoms. The van der Waals surface area contributed by atoms with Crippen molar-refractivity contribution in [3.05, 3.63) is 17.7 Å². The molecule has 0 fully saturated rings. The van der Waals surface area contributed by atoms with E-state index in [0.29, 0.717) is 0 Å². The number of aromatic amines is 1. The summed E-state index contributed by atoms with van der Waals surface area (Å²) in [4.78, 5) is 9.80. The molecule has 19 heavy (non-hydrogen) atoms. The molecule has 2 aromatic rings. The summed E-state index contributed by atoms with van der Waals surface area (Å²) in [7, 11) is -4.84. The van der Waals surface area contributed by atoms with Crippen LogP contribution in [0.2, 0.25) is 0 Å². The maximum absolute atomic E-state index is 11.1. The van der Waals surface area contributed by atoms with Gasteiger partial charge in [0.05, 0.1) is 4.90 Å². The van der Waals surface area contributed by atoms with Crippen LogP contribution in [-0.4, -0.2) is 34.4 Å². The number of hydrogen-bond acceptors (Lipinski definition) is 7. The van der Waals surface area contributed by atoms with Crippen molar-refractivity contribution in [2.75, 3.05) is 0 Å². The maximum Gasteiger partial charge on any atom is 1.00 e. The minimum atomic E-state index is -4.84. The Bertz CT molecular complexity index is 699. The topological polar surface area (TPSA) is 139 Å². The molecule has 0 saturated carbocycles. The molecule has 0 aliphatic heterocycles. The summed E-state index contributed by atoms with van der Waals surface area (Å²) in [6.45, 7) is 0. The van der Waals surface area contributed by atoms with E-state index >= 15 is 0 Å². The first-order valence-corrected chi connectivity index (χ1v) is 5.78. The molecule has 1 aromatic heterocycles. The number of carboxylic acids is 1. The van der Waals surface area contributed by atoms with Crippen LogP contribution in [0.4, 0.5) is 0 Å². The second-order valence-corrected chi connectivity index (χ2v) is 4.56. The van der Waals surface area contributed by atoms with E-state index in [2.05, 4.69) is 15.4 Å². The molecule has 0 aliphatic rings. The number of benzene rings is 1. The average Bonchev–Trinajstić information content (AvgIpc) is 2.61. The predicted molar refractivity (Wildman–Crippen MR) is 50.6 cm³/mol. The summed E-state index contributed by atoms with van der Waals surface area (Å²) < 4.78 is 33.3. The van der Waals surface area contributed by atoms with E-state index in [1.165, 1.54) is 12.1 Å². The van der Waals surface area contributed by atoms with Crippen LogP contribution >= 0.6 is 0 Å². The van der Waals surface area contributed by atoms with Gasteiger partial charge in [-0.15, -0.1) is 0 Å². The summed E-state index contributed by atoms with van der Waals surface area (Å²) in [5.41, 5.74) is -0.165. The van der Waals surface area contributed by atoms with E-state index in [0.717, 1.165) is 0 Å². The van der Waals surface area contributed by atoms with E-state index in [1.54, 1.807) is 0 Å². The number of H-pyrrole nitrogens is 1. The zero-order valence-electron chi connectivity index (χ0n) is 8.81. The number of carbonyl (C=O) groups is 1. The molecule has 0 unspecified atom stereocenters. The van der Waals surface area contributed by atoms with Gasteiger partial charge >= 0.3 is 44.8 Å². The van der Waals surface area contributed by atoms with Crippen molar-refractivity contribution in [3.63, 3.8) is 0 Å². The number of hydrogen-bond donors (Lipinski definition) is 1. The third kappa shape index (κ3) is 3.97. The monoisotopic (exact) mass is 469 g/mol. The number of aromatic nitrogens is 3. The second kappa shape index (κ2) is 6.77. The quantitative estimate of drug-likeness (QED) is 0.410. The average molecular weight is 471 g/mol. The number of nitrogens with one attached hydrogen (secondary N) is 1. The Morgan fingerprint density at radius 3 is 2.42 bits per heavy atom. The van der Waals surface area contributed by atoms with Crippen LogP contribution in [0.25, 0.3) is 11.0 Å². The molecule has 110 valence electrons. The van der Waals surface area contributed by atoms with Gasteiger partial charge in [0.1, 0.15) is 21.2 Å². The van der Waals surface area contributed by atoms with Crippen LogP contribution in [0.5, 0.6) is 0 Å². The van der Waals surface area contributed by atoms with Gasteiger partial charge in [0.15, 0.2) is 0 Å². The fourth-order valence-corrected chi connectivity index (χ4v) is 2.35. The molecular formula is C8H5Ag2N3O5S. The first-order chi connectivity index (χ1) is 7.89. The minimum absolute atomic E-state index is 0. The van der Waals surface area contributed by atoms with Crippen molar-refractivity contribution < 1.29 is 67.6 Å². The Balaban J connectivity index is 0.00000162. The van der Waals surface area contributed by atoms with E-state index in [-0.39, 0.29) is 61.4 Å². The van der Waals surface area contributed by atoms with Crippen LogP contribution in [0, 0.1) is 0 Å². The molecule has 1 heterocycles. The third-order valence-electron chi connectivity index (χ3n) is 2.11. The molecule has 2 rings (SSSR count). The van der Waals surface area contributed by atoms with Crippen LogP contribution in [0.15, 0.2) is 17.0 Å². The van der Waals surface area contributed by atoms with Crippen molar-refractivity contribution in [2.45, 2.75) is 11.3 Å². The smallest absolute Gasteiger partial charge is 0.744 e. The molecule has 0 aliphatic carbocycles. The van der Waals surface area contributed by atoms with Crippen LogP contribution in [0.3, 0.4) is 0 Å². The van der Waals surface area contributed by atoms with Crippen molar-refractivity contribution in [3.8, 4) is 0 Å². The number of rotatable bonds is 3. The van der Waals surface area contributed by atoms with Gasteiger partial charge in [0.2, 0.25) is 0 Å². The van der Waals surface area contributed by atoms with Crippen molar-refractivity contribution in [1.82, 2.24) is 15.4 Å². The van der Waals surface area contributed by atoms with Gasteiger partial charge in [-0.2, -0.15) is 15.4 Å². The molecule has 0 radical (unpaired) electrons. The summed E-state index contributed by atoms with van der Waals surface area (Å²) in [5.74, 6) is -1.49. The van der Waals surface area contributed by atoms with Gasteiger partial charge in [-0.1, -0.05) is 6.07 Å². The summed E-state index contributed by atoms with van der Waals surface area (Å²) in [5, 5.41) is 19.8. The van der Waals surface area contributed by atoms with Crippen LogP contribution in [-0.2, 0) is 66.1 Å². The molecule has 11 heteroatoms. The van der Waals surface area contributed by atoms with Gasteiger partial charge in [0.25, 0.3) is 0 Å². The molecule has 0 atom stereocenters. The SMILES string of the molecule is O=C([O-])Cc1ccc2n[nH]nc2c1S(=O)(=O)[O-].[Ag+].[Ag+]. The van der Waals surface area contributed by atoms with Gasteiger partial charge < -0.3 is 14.5 Å². The molecule has 0 amide bonds. The van der Waals surface area contributed by atoms with E-state index < -0.39 is 27.4 Å². The summed E-state index contributed by atoms with van der Waals surface area (Å²) >= 11 is 0. The third-order valence-corrected chi connectivity index (χ3v) is 3.06. The second-order valence-electron chi connectivity index (χ2n) is 3.25. The molecule has 8 nitrogen and oxygen atoms in total. The van der Waals surface area contributed by atoms with Gasteiger partial charge in [0, 0.05) is 12.4 Å². The van der Waals surface area contributed by atoms with Gasteiger partial charge in [-0.05, 0) is 11.6 Å². The van der Waals surface area contributed by atoms with Crippen molar-refractivity contribution in [1.29, 1.82) is 0 Å². The number of fused-ring (bicyclic) bond motifs is 1. The number of nitrogens with zero attached hydrogens (tertiary/aromatic N) is 2. The Morgan fingerprint density at radius 2 is 1.89 bits per heavy atom. The number of aliphatic carboxylic acids is 1. The number of carboxylic acid groups (broad SMARTS) is 1. The van der Waals surface area contributed by atoms with E-state index in [1.807, 2.05) is 0 Å². The predicted octanol–water partition coefficient (Wildman–Crippen LogP) is -1.85.